The molecule has 0 atom stereocenters. The number of carbonyl (C=O) groups is 2. The van der Waals surface area contributed by atoms with Crippen LogP contribution >= 0.6 is 0 Å². The third kappa shape index (κ3) is 2.81. The molecule has 10 nitrogen and oxygen atoms in total. The summed E-state index contributed by atoms with van der Waals surface area (Å²) in [6.07, 6.45) is 6.28. The second-order valence-corrected chi connectivity index (χ2v) is 6.09. The van der Waals surface area contributed by atoms with E-state index in [0.717, 1.165) is 0 Å². The van der Waals surface area contributed by atoms with Crippen molar-refractivity contribution < 1.29 is 14.7 Å². The Hall–Kier alpha value is -3.56. The van der Waals surface area contributed by atoms with Gasteiger partial charge in [0.15, 0.2) is 0 Å². The van der Waals surface area contributed by atoms with Gasteiger partial charge in [0.2, 0.25) is 0 Å². The molecule has 1 aliphatic heterocycles. The van der Waals surface area contributed by atoms with Crippen LogP contribution in [0.15, 0.2) is 36.9 Å². The summed E-state index contributed by atoms with van der Waals surface area (Å²) in [5.41, 5.74) is 1.78. The van der Waals surface area contributed by atoms with Crippen molar-refractivity contribution in [2.75, 3.05) is 13.1 Å². The van der Waals surface area contributed by atoms with E-state index in [-0.39, 0.29) is 17.5 Å². The number of carbonyl (C=O) groups excluding carboxylic acids is 1. The van der Waals surface area contributed by atoms with Crippen LogP contribution in [0.25, 0.3) is 11.4 Å². The van der Waals surface area contributed by atoms with Crippen LogP contribution in [0.1, 0.15) is 26.8 Å². The van der Waals surface area contributed by atoms with E-state index >= 15 is 0 Å². The Labute approximate surface area is 147 Å². The van der Waals surface area contributed by atoms with Gasteiger partial charge >= 0.3 is 5.97 Å². The van der Waals surface area contributed by atoms with Crippen molar-refractivity contribution in [1.29, 1.82) is 0 Å². The summed E-state index contributed by atoms with van der Waals surface area (Å²) >= 11 is 0. The van der Waals surface area contributed by atoms with Gasteiger partial charge in [-0.25, -0.2) is 9.48 Å². The molecule has 0 aliphatic carbocycles. The number of hydrogen-bond donors (Lipinski definition) is 1. The maximum Gasteiger partial charge on any atom is 0.337 e. The van der Waals surface area contributed by atoms with Gasteiger partial charge in [0.1, 0.15) is 5.69 Å². The molecule has 0 spiro atoms. The number of hydrogen-bond acceptors (Lipinski definition) is 6. The Morgan fingerprint density at radius 1 is 1.12 bits per heavy atom. The van der Waals surface area contributed by atoms with Gasteiger partial charge < -0.3 is 10.0 Å². The zero-order valence-electron chi connectivity index (χ0n) is 13.8. The highest BCUT2D eigenvalue weighted by atomic mass is 16.4. The monoisotopic (exact) mass is 353 g/mol. The first kappa shape index (κ1) is 15.9. The van der Waals surface area contributed by atoms with Crippen LogP contribution in [0.3, 0.4) is 0 Å². The fraction of sp³-hybridized carbons (Fsp3) is 0.250. The number of pyridine rings is 1. The minimum Gasteiger partial charge on any atom is -0.478 e. The number of aromatic nitrogens is 6. The summed E-state index contributed by atoms with van der Waals surface area (Å²) in [5.74, 6) is -1.08. The molecule has 10 heteroatoms. The van der Waals surface area contributed by atoms with Gasteiger partial charge in [0.25, 0.3) is 5.91 Å². The van der Waals surface area contributed by atoms with E-state index in [0.29, 0.717) is 30.0 Å². The molecule has 0 bridgehead atoms. The second-order valence-electron chi connectivity index (χ2n) is 6.09. The van der Waals surface area contributed by atoms with E-state index in [1.165, 1.54) is 12.3 Å². The first-order valence-corrected chi connectivity index (χ1v) is 7.91. The molecule has 26 heavy (non-hydrogen) atoms. The highest BCUT2D eigenvalue weighted by Gasteiger charge is 2.33. The zero-order chi connectivity index (χ0) is 18.3. The number of rotatable bonds is 4. The Bertz CT molecular complexity index is 970. The lowest BCUT2D eigenvalue weighted by Crippen LogP contribution is -2.50. The van der Waals surface area contributed by atoms with E-state index in [2.05, 4.69) is 20.4 Å². The number of aromatic carboxylic acids is 1. The molecule has 3 aromatic heterocycles. The fourth-order valence-electron chi connectivity index (χ4n) is 2.75. The number of carboxylic acid groups (broad SMARTS) is 1. The Balaban J connectivity index is 1.41. The molecule has 1 aliphatic rings. The van der Waals surface area contributed by atoms with Crippen molar-refractivity contribution in [3.63, 3.8) is 0 Å². The molecular formula is C16H15N7O3. The van der Waals surface area contributed by atoms with E-state index in [9.17, 15) is 9.59 Å². The molecule has 4 heterocycles. The molecular weight excluding hydrogens is 338 g/mol. The number of aryl methyl sites for hydroxylation is 1. The van der Waals surface area contributed by atoms with Gasteiger partial charge in [0.05, 0.1) is 35.3 Å². The van der Waals surface area contributed by atoms with Crippen LogP contribution in [0.4, 0.5) is 0 Å². The minimum absolute atomic E-state index is 0.0511. The van der Waals surface area contributed by atoms with Crippen molar-refractivity contribution in [3.05, 3.63) is 48.0 Å². The van der Waals surface area contributed by atoms with Gasteiger partial charge in [0, 0.05) is 32.5 Å². The minimum atomic E-state index is -1.03. The molecule has 0 radical (unpaired) electrons. The Morgan fingerprint density at radius 2 is 1.92 bits per heavy atom. The van der Waals surface area contributed by atoms with Crippen LogP contribution in [0, 0.1) is 0 Å². The normalized spacial score (nSPS) is 14.3. The van der Waals surface area contributed by atoms with Crippen molar-refractivity contribution in [1.82, 2.24) is 34.7 Å². The maximum atomic E-state index is 12.3. The lowest BCUT2D eigenvalue weighted by atomic mass is 10.1. The fourth-order valence-corrected chi connectivity index (χ4v) is 2.75. The van der Waals surface area contributed by atoms with E-state index in [4.69, 9.17) is 5.11 Å². The summed E-state index contributed by atoms with van der Waals surface area (Å²) < 4.78 is 3.30. The third-order valence-corrected chi connectivity index (χ3v) is 4.26. The standard InChI is InChI=1S/C16H15N7O3/c1-21-6-11(5-18-21)15(24)22-7-12(8-22)23-9-14(19-20-23)13-3-2-10(4-17-13)16(25)26/h2-6,9,12H,7-8H2,1H3,(H,25,26). The van der Waals surface area contributed by atoms with E-state index in [1.54, 1.807) is 46.0 Å². The molecule has 0 aromatic carbocycles. The maximum absolute atomic E-state index is 12.3. The van der Waals surface area contributed by atoms with E-state index in [1.807, 2.05) is 0 Å². The van der Waals surface area contributed by atoms with Gasteiger partial charge in [-0.3, -0.25) is 14.5 Å². The molecule has 1 saturated heterocycles. The van der Waals surface area contributed by atoms with Gasteiger partial charge in [-0.2, -0.15) is 5.10 Å². The first-order valence-electron chi connectivity index (χ1n) is 7.91. The predicted octanol–water partition coefficient (Wildman–Crippen LogP) is 0.469. The molecule has 1 N–H and O–H groups in total. The van der Waals surface area contributed by atoms with Crippen LogP contribution in [-0.2, 0) is 7.05 Å². The molecule has 1 fully saturated rings. The predicted molar refractivity (Wildman–Crippen MR) is 88.4 cm³/mol. The summed E-state index contributed by atoms with van der Waals surface area (Å²) in [6.45, 7) is 1.09. The molecule has 4 rings (SSSR count). The molecule has 0 saturated carbocycles. The van der Waals surface area contributed by atoms with Crippen LogP contribution < -0.4 is 0 Å². The SMILES string of the molecule is Cn1cc(C(=O)N2CC(n3cc(-c4ccc(C(=O)O)cn4)nn3)C2)cn1. The average Bonchev–Trinajstić information content (AvgIpc) is 3.23. The van der Waals surface area contributed by atoms with Crippen molar-refractivity contribution in [2.24, 2.45) is 7.05 Å². The largest absolute Gasteiger partial charge is 0.478 e. The van der Waals surface area contributed by atoms with Crippen LogP contribution in [-0.4, -0.2) is 64.7 Å². The Morgan fingerprint density at radius 3 is 2.54 bits per heavy atom. The van der Waals surface area contributed by atoms with Gasteiger partial charge in [-0.1, -0.05) is 5.21 Å². The average molecular weight is 353 g/mol. The molecule has 0 unspecified atom stereocenters. The second kappa shape index (κ2) is 6.06. The number of nitrogens with zero attached hydrogens (tertiary/aromatic N) is 7. The molecule has 3 aromatic rings. The van der Waals surface area contributed by atoms with Gasteiger partial charge in [-0.15, -0.1) is 5.10 Å². The third-order valence-electron chi connectivity index (χ3n) is 4.26. The zero-order valence-corrected chi connectivity index (χ0v) is 13.8. The highest BCUT2D eigenvalue weighted by Crippen LogP contribution is 2.24. The summed E-state index contributed by atoms with van der Waals surface area (Å²) in [6, 6.07) is 3.12. The number of carboxylic acids is 1. The van der Waals surface area contributed by atoms with Crippen molar-refractivity contribution in [3.8, 4) is 11.4 Å². The highest BCUT2D eigenvalue weighted by molar-refractivity contribution is 5.94. The number of amides is 1. The Kier molecular flexibility index (Phi) is 3.72. The lowest BCUT2D eigenvalue weighted by Gasteiger charge is -2.38. The first-order chi connectivity index (χ1) is 12.5. The van der Waals surface area contributed by atoms with Crippen molar-refractivity contribution in [2.45, 2.75) is 6.04 Å². The molecule has 132 valence electrons. The topological polar surface area (TPSA) is 119 Å². The smallest absolute Gasteiger partial charge is 0.337 e. The molecule has 1 amide bonds. The quantitative estimate of drug-likeness (QED) is 0.724. The van der Waals surface area contributed by atoms with Crippen LogP contribution in [0.2, 0.25) is 0 Å². The summed E-state index contributed by atoms with van der Waals surface area (Å²) in [4.78, 5) is 29.0. The van der Waals surface area contributed by atoms with Crippen LogP contribution in [0.5, 0.6) is 0 Å². The summed E-state index contributed by atoms with van der Waals surface area (Å²) in [7, 11) is 1.77. The van der Waals surface area contributed by atoms with Gasteiger partial charge in [-0.05, 0) is 12.1 Å². The van der Waals surface area contributed by atoms with E-state index < -0.39 is 5.97 Å². The number of likely N-dealkylation sites (tertiary alicyclic amines) is 1. The summed E-state index contributed by atoms with van der Waals surface area (Å²) in [5, 5.41) is 21.1. The van der Waals surface area contributed by atoms with Crippen molar-refractivity contribution >= 4 is 11.9 Å². The lowest BCUT2D eigenvalue weighted by molar-refractivity contribution is 0.0498.